The smallest absolute Gasteiger partial charge is 0.304 e. The molecule has 2 N–H and O–H groups in total. The predicted molar refractivity (Wildman–Crippen MR) is 75.6 cm³/mol. The second-order valence-electron chi connectivity index (χ2n) is 5.32. The quantitative estimate of drug-likeness (QED) is 0.582. The highest BCUT2D eigenvalue weighted by atomic mass is 16.5. The lowest BCUT2D eigenvalue weighted by Gasteiger charge is -2.22. The molecule has 1 aliphatic carbocycles. The molecule has 6 heteroatoms. The number of methoxy groups -OCH3 is 1. The van der Waals surface area contributed by atoms with Gasteiger partial charge in [-0.2, -0.15) is 0 Å². The summed E-state index contributed by atoms with van der Waals surface area (Å²) in [4.78, 5) is 24.5. The van der Waals surface area contributed by atoms with E-state index in [0.717, 1.165) is 19.3 Å². The van der Waals surface area contributed by atoms with Crippen LogP contribution in [-0.2, 0) is 14.3 Å². The summed E-state index contributed by atoms with van der Waals surface area (Å²) in [6.07, 6.45) is 5.34. The summed E-state index contributed by atoms with van der Waals surface area (Å²) in [6, 6.07) is 0.308. The van der Waals surface area contributed by atoms with Gasteiger partial charge in [0.15, 0.2) is 0 Å². The third kappa shape index (κ3) is 7.45. The van der Waals surface area contributed by atoms with Crippen LogP contribution >= 0.6 is 0 Å². The number of nitrogens with one attached hydrogen (secondary N) is 1. The molecule has 6 nitrogen and oxygen atoms in total. The van der Waals surface area contributed by atoms with Crippen molar-refractivity contribution in [2.75, 3.05) is 33.4 Å². The number of carbonyl (C=O) groups excluding carboxylic acids is 1. The lowest BCUT2D eigenvalue weighted by molar-refractivity contribution is -0.137. The number of carboxylic acids is 1. The SMILES string of the molecule is COCCCN(CCC(=O)O)CC(=O)NC1CCCC1. The zero-order chi connectivity index (χ0) is 14.8. The number of aliphatic carboxylic acids is 1. The summed E-state index contributed by atoms with van der Waals surface area (Å²) in [5, 5.41) is 11.8. The Balaban J connectivity index is 2.31. The molecular formula is C14H26N2O4. The van der Waals surface area contributed by atoms with Crippen molar-refractivity contribution in [1.29, 1.82) is 0 Å². The van der Waals surface area contributed by atoms with Crippen molar-refractivity contribution < 1.29 is 19.4 Å². The Labute approximate surface area is 120 Å². The molecule has 1 rings (SSSR count). The van der Waals surface area contributed by atoms with Crippen LogP contribution in [0.4, 0.5) is 0 Å². The van der Waals surface area contributed by atoms with Crippen LogP contribution in [0.1, 0.15) is 38.5 Å². The monoisotopic (exact) mass is 286 g/mol. The molecule has 0 bridgehead atoms. The molecule has 116 valence electrons. The Kier molecular flexibility index (Phi) is 8.22. The fourth-order valence-corrected chi connectivity index (χ4v) is 2.50. The molecule has 0 saturated heterocycles. The molecule has 20 heavy (non-hydrogen) atoms. The molecule has 0 aliphatic heterocycles. The molecule has 0 aromatic rings. The van der Waals surface area contributed by atoms with Gasteiger partial charge >= 0.3 is 5.97 Å². The average molecular weight is 286 g/mol. The molecule has 1 saturated carbocycles. The van der Waals surface area contributed by atoms with Gasteiger partial charge in [0.1, 0.15) is 0 Å². The van der Waals surface area contributed by atoms with Crippen LogP contribution in [0.15, 0.2) is 0 Å². The van der Waals surface area contributed by atoms with Gasteiger partial charge in [-0.3, -0.25) is 14.5 Å². The lowest BCUT2D eigenvalue weighted by Crippen LogP contribution is -2.42. The summed E-state index contributed by atoms with van der Waals surface area (Å²) >= 11 is 0. The Morgan fingerprint density at radius 3 is 2.60 bits per heavy atom. The van der Waals surface area contributed by atoms with Crippen molar-refractivity contribution in [1.82, 2.24) is 10.2 Å². The highest BCUT2D eigenvalue weighted by molar-refractivity contribution is 5.78. The van der Waals surface area contributed by atoms with E-state index in [1.165, 1.54) is 12.8 Å². The van der Waals surface area contributed by atoms with Gasteiger partial charge in [-0.25, -0.2) is 0 Å². The molecule has 0 heterocycles. The van der Waals surface area contributed by atoms with Gasteiger partial charge in [0.25, 0.3) is 0 Å². The number of ether oxygens (including phenoxy) is 1. The molecule has 0 aromatic carbocycles. The van der Waals surface area contributed by atoms with Gasteiger partial charge in [0.2, 0.25) is 5.91 Å². The Hall–Kier alpha value is -1.14. The summed E-state index contributed by atoms with van der Waals surface area (Å²) < 4.78 is 4.99. The first-order valence-electron chi connectivity index (χ1n) is 7.34. The van der Waals surface area contributed by atoms with E-state index in [9.17, 15) is 9.59 Å². The van der Waals surface area contributed by atoms with Crippen LogP contribution in [0.5, 0.6) is 0 Å². The first-order chi connectivity index (χ1) is 9.61. The molecule has 1 fully saturated rings. The number of carbonyl (C=O) groups is 2. The summed E-state index contributed by atoms with van der Waals surface area (Å²) in [7, 11) is 1.63. The van der Waals surface area contributed by atoms with E-state index in [2.05, 4.69) is 5.32 Å². The number of rotatable bonds is 10. The van der Waals surface area contributed by atoms with Gasteiger partial charge in [-0.15, -0.1) is 0 Å². The van der Waals surface area contributed by atoms with Gasteiger partial charge in [0, 0.05) is 32.8 Å². The minimum Gasteiger partial charge on any atom is -0.481 e. The molecule has 0 atom stereocenters. The van der Waals surface area contributed by atoms with Crippen molar-refractivity contribution in [2.45, 2.75) is 44.6 Å². The van der Waals surface area contributed by atoms with E-state index < -0.39 is 5.97 Å². The second-order valence-corrected chi connectivity index (χ2v) is 5.32. The topological polar surface area (TPSA) is 78.9 Å². The number of hydrogen-bond donors (Lipinski definition) is 2. The van der Waals surface area contributed by atoms with E-state index in [0.29, 0.717) is 25.7 Å². The van der Waals surface area contributed by atoms with Crippen molar-refractivity contribution in [2.24, 2.45) is 0 Å². The van der Waals surface area contributed by atoms with Gasteiger partial charge in [-0.1, -0.05) is 12.8 Å². The number of hydrogen-bond acceptors (Lipinski definition) is 4. The van der Waals surface area contributed by atoms with E-state index in [4.69, 9.17) is 9.84 Å². The zero-order valence-electron chi connectivity index (χ0n) is 12.3. The molecule has 0 radical (unpaired) electrons. The van der Waals surface area contributed by atoms with E-state index in [1.807, 2.05) is 4.90 Å². The van der Waals surface area contributed by atoms with Gasteiger partial charge in [-0.05, 0) is 19.3 Å². The van der Waals surface area contributed by atoms with E-state index in [-0.39, 0.29) is 18.9 Å². The van der Waals surface area contributed by atoms with Crippen LogP contribution < -0.4 is 5.32 Å². The van der Waals surface area contributed by atoms with Crippen LogP contribution in [-0.4, -0.2) is 61.3 Å². The molecular weight excluding hydrogens is 260 g/mol. The number of amides is 1. The predicted octanol–water partition coefficient (Wildman–Crippen LogP) is 0.858. The maximum atomic E-state index is 12.0. The molecule has 0 unspecified atom stereocenters. The maximum absolute atomic E-state index is 12.0. The maximum Gasteiger partial charge on any atom is 0.304 e. The van der Waals surface area contributed by atoms with Crippen LogP contribution in [0.3, 0.4) is 0 Å². The minimum absolute atomic E-state index is 0.000273. The highest BCUT2D eigenvalue weighted by Gasteiger charge is 2.18. The Bertz CT molecular complexity index is 304. The van der Waals surface area contributed by atoms with Crippen LogP contribution in [0.25, 0.3) is 0 Å². The van der Waals surface area contributed by atoms with Crippen molar-refractivity contribution in [3.63, 3.8) is 0 Å². The Morgan fingerprint density at radius 2 is 2.00 bits per heavy atom. The second kappa shape index (κ2) is 9.72. The fraction of sp³-hybridized carbons (Fsp3) is 0.857. The number of carboxylic acid groups (broad SMARTS) is 1. The molecule has 1 aliphatic rings. The average Bonchev–Trinajstić information content (AvgIpc) is 2.88. The molecule has 1 amide bonds. The standard InChI is InChI=1S/C14H26N2O4/c1-20-10-4-8-16(9-7-14(18)19)11-13(17)15-12-5-2-3-6-12/h12H,2-11H2,1H3,(H,15,17)(H,18,19). The third-order valence-corrected chi connectivity index (χ3v) is 3.55. The largest absolute Gasteiger partial charge is 0.481 e. The first-order valence-corrected chi connectivity index (χ1v) is 7.34. The summed E-state index contributed by atoms with van der Waals surface area (Å²) in [5.41, 5.74) is 0. The zero-order valence-corrected chi connectivity index (χ0v) is 12.3. The van der Waals surface area contributed by atoms with E-state index >= 15 is 0 Å². The van der Waals surface area contributed by atoms with Gasteiger partial charge < -0.3 is 15.2 Å². The fourth-order valence-electron chi connectivity index (χ4n) is 2.50. The van der Waals surface area contributed by atoms with Crippen LogP contribution in [0, 0.1) is 0 Å². The van der Waals surface area contributed by atoms with Crippen molar-refractivity contribution in [3.8, 4) is 0 Å². The minimum atomic E-state index is -0.835. The van der Waals surface area contributed by atoms with Crippen molar-refractivity contribution >= 4 is 11.9 Å². The third-order valence-electron chi connectivity index (χ3n) is 3.55. The Morgan fingerprint density at radius 1 is 1.30 bits per heavy atom. The summed E-state index contributed by atoms with van der Waals surface area (Å²) in [5.74, 6) is -0.836. The lowest BCUT2D eigenvalue weighted by atomic mass is 10.2. The summed E-state index contributed by atoms with van der Waals surface area (Å²) in [6.45, 7) is 1.97. The highest BCUT2D eigenvalue weighted by Crippen LogP contribution is 2.17. The molecule has 0 spiro atoms. The normalized spacial score (nSPS) is 15.7. The first kappa shape index (κ1) is 16.9. The van der Waals surface area contributed by atoms with Crippen LogP contribution in [0.2, 0.25) is 0 Å². The molecule has 0 aromatic heterocycles. The van der Waals surface area contributed by atoms with Gasteiger partial charge in [0.05, 0.1) is 13.0 Å². The number of nitrogens with zero attached hydrogens (tertiary/aromatic N) is 1. The van der Waals surface area contributed by atoms with Crippen molar-refractivity contribution in [3.05, 3.63) is 0 Å². The van der Waals surface area contributed by atoms with E-state index in [1.54, 1.807) is 7.11 Å².